The van der Waals surface area contributed by atoms with E-state index in [1.807, 2.05) is 36.4 Å². The van der Waals surface area contributed by atoms with Crippen LogP contribution in [0.25, 0.3) is 22.2 Å². The molecule has 1 N–H and O–H groups in total. The van der Waals surface area contributed by atoms with Gasteiger partial charge in [0.15, 0.2) is 0 Å². The van der Waals surface area contributed by atoms with Gasteiger partial charge in [-0.2, -0.15) is 4.31 Å². The van der Waals surface area contributed by atoms with Gasteiger partial charge < -0.3 is 15.0 Å². The van der Waals surface area contributed by atoms with Crippen LogP contribution in [-0.4, -0.2) is 63.0 Å². The molecule has 2 fully saturated rings. The highest BCUT2D eigenvalue weighted by atomic mass is 35.5. The number of amides is 1. The molecule has 3 heterocycles. The van der Waals surface area contributed by atoms with Crippen LogP contribution >= 0.6 is 11.6 Å². The van der Waals surface area contributed by atoms with Gasteiger partial charge in [-0.25, -0.2) is 13.4 Å². The van der Waals surface area contributed by atoms with Crippen LogP contribution in [0.15, 0.2) is 77.7 Å². The van der Waals surface area contributed by atoms with Crippen LogP contribution in [0.5, 0.6) is 0 Å². The molecule has 6 rings (SSSR count). The average molecular weight is 577 g/mol. The maximum atomic E-state index is 13.9. The Morgan fingerprint density at radius 3 is 2.38 bits per heavy atom. The fourth-order valence-electron chi connectivity index (χ4n) is 5.27. The number of benzene rings is 3. The van der Waals surface area contributed by atoms with Gasteiger partial charge >= 0.3 is 0 Å². The number of nitrogens with zero attached hydrogens (tertiary/aromatic N) is 3. The van der Waals surface area contributed by atoms with Crippen molar-refractivity contribution < 1.29 is 17.9 Å². The van der Waals surface area contributed by atoms with Gasteiger partial charge in [0.05, 0.1) is 46.3 Å². The van der Waals surface area contributed by atoms with Gasteiger partial charge in [0.1, 0.15) is 0 Å². The number of ether oxygens (including phenoxy) is 1. The second kappa shape index (κ2) is 11.2. The van der Waals surface area contributed by atoms with E-state index in [1.165, 1.54) is 4.31 Å². The summed E-state index contributed by atoms with van der Waals surface area (Å²) >= 11 is 6.09. The zero-order valence-corrected chi connectivity index (χ0v) is 23.4. The second-order valence-corrected chi connectivity index (χ2v) is 12.3. The van der Waals surface area contributed by atoms with Crippen LogP contribution in [0, 0.1) is 0 Å². The van der Waals surface area contributed by atoms with Gasteiger partial charge in [0, 0.05) is 42.2 Å². The number of morpholine rings is 1. The molecule has 0 atom stereocenters. The number of anilines is 2. The Morgan fingerprint density at radius 2 is 1.62 bits per heavy atom. The van der Waals surface area contributed by atoms with E-state index in [-0.39, 0.29) is 10.8 Å². The lowest BCUT2D eigenvalue weighted by atomic mass is 10.0. The highest BCUT2D eigenvalue weighted by Gasteiger charge is 2.28. The van der Waals surface area contributed by atoms with Crippen molar-refractivity contribution in [3.63, 3.8) is 0 Å². The number of hydrogen-bond donors (Lipinski definition) is 1. The van der Waals surface area contributed by atoms with E-state index in [0.717, 1.165) is 37.2 Å². The van der Waals surface area contributed by atoms with Crippen molar-refractivity contribution in [2.45, 2.75) is 17.7 Å². The molecule has 8 nitrogen and oxygen atoms in total. The molecule has 10 heteroatoms. The number of halogens is 1. The summed E-state index contributed by atoms with van der Waals surface area (Å²) in [4.78, 5) is 21.1. The van der Waals surface area contributed by atoms with E-state index < -0.39 is 10.0 Å². The zero-order valence-electron chi connectivity index (χ0n) is 21.8. The molecule has 2 saturated heterocycles. The van der Waals surface area contributed by atoms with Crippen molar-refractivity contribution in [2.75, 3.05) is 49.6 Å². The first-order valence-corrected chi connectivity index (χ1v) is 15.2. The third-order valence-electron chi connectivity index (χ3n) is 7.37. The number of sulfonamides is 1. The zero-order chi connectivity index (χ0) is 27.7. The minimum Gasteiger partial charge on any atom is -0.379 e. The highest BCUT2D eigenvalue weighted by molar-refractivity contribution is 7.89. The summed E-state index contributed by atoms with van der Waals surface area (Å²) in [6.07, 6.45) is 2.08. The van der Waals surface area contributed by atoms with E-state index in [0.29, 0.717) is 59.2 Å². The normalized spacial score (nSPS) is 16.4. The van der Waals surface area contributed by atoms with Crippen LogP contribution in [0.4, 0.5) is 11.4 Å². The van der Waals surface area contributed by atoms with Gasteiger partial charge in [-0.1, -0.05) is 41.9 Å². The fraction of sp³-hybridized carbons (Fsp3) is 0.267. The molecular weight excluding hydrogens is 548 g/mol. The summed E-state index contributed by atoms with van der Waals surface area (Å²) < 4.78 is 33.7. The van der Waals surface area contributed by atoms with E-state index in [9.17, 15) is 13.2 Å². The summed E-state index contributed by atoms with van der Waals surface area (Å²) in [5.41, 5.74) is 3.88. The number of hydrogen-bond acceptors (Lipinski definition) is 6. The van der Waals surface area contributed by atoms with Crippen molar-refractivity contribution in [1.82, 2.24) is 9.29 Å². The third kappa shape index (κ3) is 5.30. The van der Waals surface area contributed by atoms with Crippen LogP contribution in [0.1, 0.15) is 23.2 Å². The summed E-state index contributed by atoms with van der Waals surface area (Å²) in [6.45, 7) is 3.01. The van der Waals surface area contributed by atoms with E-state index in [4.69, 9.17) is 21.3 Å². The van der Waals surface area contributed by atoms with Gasteiger partial charge in [0.25, 0.3) is 5.91 Å². The smallest absolute Gasteiger partial charge is 0.256 e. The van der Waals surface area contributed by atoms with Crippen LogP contribution in [0.2, 0.25) is 5.02 Å². The van der Waals surface area contributed by atoms with Crippen LogP contribution < -0.4 is 10.2 Å². The predicted molar refractivity (Wildman–Crippen MR) is 158 cm³/mol. The van der Waals surface area contributed by atoms with Crippen molar-refractivity contribution in [1.29, 1.82) is 0 Å². The first-order valence-electron chi connectivity index (χ1n) is 13.3. The lowest BCUT2D eigenvalue weighted by Crippen LogP contribution is -2.40. The molecule has 2 aliphatic heterocycles. The van der Waals surface area contributed by atoms with Crippen LogP contribution in [-0.2, 0) is 14.8 Å². The Morgan fingerprint density at radius 1 is 0.900 bits per heavy atom. The number of rotatable bonds is 6. The SMILES string of the molecule is O=C(Nc1cc(S(=O)(=O)N2CCOCC2)ccc1N1CCCC1)c1cc(-c2ccc(Cl)cc2)nc2ccccc12. The summed E-state index contributed by atoms with van der Waals surface area (Å²) in [5, 5.41) is 4.38. The number of pyridine rings is 1. The van der Waals surface area contributed by atoms with Crippen molar-refractivity contribution in [2.24, 2.45) is 0 Å². The maximum Gasteiger partial charge on any atom is 0.256 e. The molecule has 0 bridgehead atoms. The minimum atomic E-state index is -3.74. The number of aromatic nitrogens is 1. The standard InChI is InChI=1S/C30H29ClN4O4S/c31-22-9-7-21(8-10-22)27-20-25(24-5-1-2-6-26(24)32-27)30(36)33-28-19-23(11-12-29(28)34-13-3-4-14-34)40(37,38)35-15-17-39-18-16-35/h1-2,5-12,19-20H,3-4,13-18H2,(H,33,36). The average Bonchev–Trinajstić information content (AvgIpc) is 3.52. The lowest BCUT2D eigenvalue weighted by Gasteiger charge is -2.27. The quantitative estimate of drug-likeness (QED) is 0.329. The summed E-state index contributed by atoms with van der Waals surface area (Å²) in [6, 6.07) is 21.6. The molecule has 4 aromatic rings. The lowest BCUT2D eigenvalue weighted by molar-refractivity contribution is 0.0730. The second-order valence-electron chi connectivity index (χ2n) is 9.92. The predicted octanol–water partition coefficient (Wildman–Crippen LogP) is 5.43. The molecule has 1 amide bonds. The Hall–Kier alpha value is -3.50. The summed E-state index contributed by atoms with van der Waals surface area (Å²) in [7, 11) is -3.74. The van der Waals surface area contributed by atoms with Gasteiger partial charge in [-0.05, 0) is 55.3 Å². The van der Waals surface area contributed by atoms with Crippen molar-refractivity contribution >= 4 is 49.8 Å². The van der Waals surface area contributed by atoms with Gasteiger partial charge in [0.2, 0.25) is 10.0 Å². The summed E-state index contributed by atoms with van der Waals surface area (Å²) in [5.74, 6) is -0.338. The first kappa shape index (κ1) is 26.7. The maximum absolute atomic E-state index is 13.9. The van der Waals surface area contributed by atoms with Crippen molar-refractivity contribution in [3.05, 3.63) is 83.4 Å². The van der Waals surface area contributed by atoms with E-state index in [1.54, 1.807) is 36.4 Å². The molecule has 0 spiro atoms. The molecule has 0 saturated carbocycles. The van der Waals surface area contributed by atoms with Crippen LogP contribution in [0.3, 0.4) is 0 Å². The first-order chi connectivity index (χ1) is 19.4. The highest BCUT2D eigenvalue weighted by Crippen LogP contribution is 2.34. The Balaban J connectivity index is 1.41. The molecule has 206 valence electrons. The number of fused-ring (bicyclic) bond motifs is 1. The van der Waals surface area contributed by atoms with E-state index in [2.05, 4.69) is 10.2 Å². The fourth-order valence-corrected chi connectivity index (χ4v) is 6.83. The Bertz CT molecular complexity index is 1670. The molecular formula is C30H29ClN4O4S. The molecule has 0 unspecified atom stereocenters. The molecule has 3 aromatic carbocycles. The van der Waals surface area contributed by atoms with Gasteiger partial charge in [-0.15, -0.1) is 0 Å². The van der Waals surface area contributed by atoms with E-state index >= 15 is 0 Å². The van der Waals surface area contributed by atoms with Gasteiger partial charge in [-0.3, -0.25) is 4.79 Å². The van der Waals surface area contributed by atoms with Crippen molar-refractivity contribution in [3.8, 4) is 11.3 Å². The Kier molecular flexibility index (Phi) is 7.46. The monoisotopic (exact) mass is 576 g/mol. The minimum absolute atomic E-state index is 0.147. The number of carbonyl (C=O) groups excluding carboxylic acids is 1. The number of para-hydroxylation sites is 1. The Labute approximate surface area is 238 Å². The molecule has 2 aliphatic rings. The molecule has 40 heavy (non-hydrogen) atoms. The molecule has 0 radical (unpaired) electrons. The third-order valence-corrected chi connectivity index (χ3v) is 9.52. The topological polar surface area (TPSA) is 91.8 Å². The largest absolute Gasteiger partial charge is 0.379 e. The molecule has 1 aromatic heterocycles. The number of carbonyl (C=O) groups is 1. The molecule has 0 aliphatic carbocycles. The number of nitrogens with one attached hydrogen (secondary N) is 1.